The molecule has 3 heterocycles. The standard InChI is InChI=1S/C20H20N2O4/c23-20(19-11-14-5-1-2-7-17(14)26-19)22-16-13-24-10-8-18(16)25-12-15-6-3-4-9-21-15/h1-7,9,11,16,18H,8,10,12-13H2,(H,22,23)/t16-,18-/m1/s1. The largest absolute Gasteiger partial charge is 0.451 e. The molecule has 1 N–H and O–H groups in total. The molecule has 1 fully saturated rings. The van der Waals surface area contributed by atoms with E-state index in [1.54, 1.807) is 12.3 Å². The van der Waals surface area contributed by atoms with E-state index in [2.05, 4.69) is 10.3 Å². The Morgan fingerprint density at radius 1 is 1.23 bits per heavy atom. The smallest absolute Gasteiger partial charge is 0.287 e. The Bertz CT molecular complexity index is 845. The van der Waals surface area contributed by atoms with Gasteiger partial charge in [0.1, 0.15) is 5.58 Å². The van der Waals surface area contributed by atoms with Gasteiger partial charge in [-0.15, -0.1) is 0 Å². The molecule has 1 aliphatic rings. The fraction of sp³-hybridized carbons (Fsp3) is 0.300. The van der Waals surface area contributed by atoms with Crippen LogP contribution in [0, 0.1) is 0 Å². The summed E-state index contributed by atoms with van der Waals surface area (Å²) in [4.78, 5) is 16.8. The third kappa shape index (κ3) is 3.76. The van der Waals surface area contributed by atoms with Crippen molar-refractivity contribution in [3.05, 3.63) is 66.2 Å². The van der Waals surface area contributed by atoms with Gasteiger partial charge in [-0.1, -0.05) is 24.3 Å². The van der Waals surface area contributed by atoms with E-state index >= 15 is 0 Å². The Hall–Kier alpha value is -2.70. The lowest BCUT2D eigenvalue weighted by molar-refractivity contribution is -0.0614. The minimum Gasteiger partial charge on any atom is -0.451 e. The second-order valence-corrected chi connectivity index (χ2v) is 6.26. The predicted molar refractivity (Wildman–Crippen MR) is 95.7 cm³/mol. The van der Waals surface area contributed by atoms with E-state index in [1.807, 2.05) is 42.5 Å². The molecule has 0 radical (unpaired) electrons. The van der Waals surface area contributed by atoms with Gasteiger partial charge in [0.25, 0.3) is 5.91 Å². The summed E-state index contributed by atoms with van der Waals surface area (Å²) < 4.78 is 17.1. The zero-order valence-corrected chi connectivity index (χ0v) is 14.3. The van der Waals surface area contributed by atoms with Crippen molar-refractivity contribution < 1.29 is 18.7 Å². The van der Waals surface area contributed by atoms with Gasteiger partial charge in [-0.3, -0.25) is 9.78 Å². The molecule has 6 nitrogen and oxygen atoms in total. The van der Waals surface area contributed by atoms with Crippen molar-refractivity contribution in [3.8, 4) is 0 Å². The summed E-state index contributed by atoms with van der Waals surface area (Å²) in [6.07, 6.45) is 2.33. The maximum absolute atomic E-state index is 12.6. The third-order valence-corrected chi connectivity index (χ3v) is 4.43. The molecule has 1 aliphatic heterocycles. The number of hydrogen-bond acceptors (Lipinski definition) is 5. The number of nitrogens with one attached hydrogen (secondary N) is 1. The number of benzene rings is 1. The number of rotatable bonds is 5. The Labute approximate surface area is 151 Å². The average Bonchev–Trinajstić information content (AvgIpc) is 3.12. The zero-order chi connectivity index (χ0) is 17.8. The summed E-state index contributed by atoms with van der Waals surface area (Å²) >= 11 is 0. The van der Waals surface area contributed by atoms with Gasteiger partial charge in [-0.2, -0.15) is 0 Å². The number of amides is 1. The number of fused-ring (bicyclic) bond motifs is 1. The normalized spacial score (nSPS) is 20.2. The molecular weight excluding hydrogens is 332 g/mol. The molecule has 1 amide bonds. The van der Waals surface area contributed by atoms with Crippen molar-refractivity contribution in [1.29, 1.82) is 0 Å². The number of pyridine rings is 1. The number of nitrogens with zero attached hydrogens (tertiary/aromatic N) is 1. The minimum absolute atomic E-state index is 0.126. The fourth-order valence-electron chi connectivity index (χ4n) is 3.06. The molecule has 3 aromatic rings. The van der Waals surface area contributed by atoms with Crippen LogP contribution in [-0.4, -0.2) is 36.3 Å². The molecule has 2 atom stereocenters. The quantitative estimate of drug-likeness (QED) is 0.764. The summed E-state index contributed by atoms with van der Waals surface area (Å²) in [6.45, 7) is 1.44. The number of furan rings is 1. The van der Waals surface area contributed by atoms with Crippen molar-refractivity contribution in [3.63, 3.8) is 0 Å². The van der Waals surface area contributed by atoms with Gasteiger partial charge in [0.15, 0.2) is 5.76 Å². The Morgan fingerprint density at radius 2 is 2.12 bits per heavy atom. The number of ether oxygens (including phenoxy) is 2. The second kappa shape index (κ2) is 7.68. The fourth-order valence-corrected chi connectivity index (χ4v) is 3.06. The van der Waals surface area contributed by atoms with Gasteiger partial charge >= 0.3 is 0 Å². The van der Waals surface area contributed by atoms with Crippen LogP contribution in [0.1, 0.15) is 22.7 Å². The number of hydrogen-bond donors (Lipinski definition) is 1. The van der Waals surface area contributed by atoms with Gasteiger partial charge in [0, 0.05) is 18.2 Å². The predicted octanol–water partition coefficient (Wildman–Crippen LogP) is 2.93. The second-order valence-electron chi connectivity index (χ2n) is 6.26. The average molecular weight is 352 g/mol. The first-order chi connectivity index (χ1) is 12.8. The molecule has 26 heavy (non-hydrogen) atoms. The van der Waals surface area contributed by atoms with Crippen molar-refractivity contribution in [2.24, 2.45) is 0 Å². The highest BCUT2D eigenvalue weighted by atomic mass is 16.5. The lowest BCUT2D eigenvalue weighted by Crippen LogP contribution is -2.50. The summed E-state index contributed by atoms with van der Waals surface area (Å²) in [6, 6.07) is 14.8. The van der Waals surface area contributed by atoms with Crippen LogP contribution in [0.25, 0.3) is 11.0 Å². The Balaban J connectivity index is 1.41. The molecule has 4 rings (SSSR count). The van der Waals surface area contributed by atoms with E-state index in [9.17, 15) is 4.79 Å². The summed E-state index contributed by atoms with van der Waals surface area (Å²) in [7, 11) is 0. The van der Waals surface area contributed by atoms with Crippen LogP contribution in [0.15, 0.2) is 59.1 Å². The molecule has 0 unspecified atom stereocenters. The zero-order valence-electron chi connectivity index (χ0n) is 14.3. The third-order valence-electron chi connectivity index (χ3n) is 4.43. The van der Waals surface area contributed by atoms with E-state index in [0.29, 0.717) is 31.2 Å². The van der Waals surface area contributed by atoms with Gasteiger partial charge < -0.3 is 19.2 Å². The highest BCUT2D eigenvalue weighted by molar-refractivity contribution is 5.96. The molecule has 0 spiro atoms. The monoisotopic (exact) mass is 352 g/mol. The van der Waals surface area contributed by atoms with Crippen LogP contribution >= 0.6 is 0 Å². The molecule has 2 aromatic heterocycles. The molecule has 6 heteroatoms. The lowest BCUT2D eigenvalue weighted by atomic mass is 10.1. The molecule has 1 saturated heterocycles. The van der Waals surface area contributed by atoms with Crippen molar-refractivity contribution in [1.82, 2.24) is 10.3 Å². The number of para-hydroxylation sites is 1. The van der Waals surface area contributed by atoms with Crippen LogP contribution in [-0.2, 0) is 16.1 Å². The maximum Gasteiger partial charge on any atom is 0.287 e. The van der Waals surface area contributed by atoms with Gasteiger partial charge in [0.05, 0.1) is 31.1 Å². The highest BCUT2D eigenvalue weighted by Crippen LogP contribution is 2.20. The molecule has 0 bridgehead atoms. The van der Waals surface area contributed by atoms with Crippen molar-refractivity contribution in [2.75, 3.05) is 13.2 Å². The summed E-state index contributed by atoms with van der Waals surface area (Å²) in [5, 5.41) is 3.88. The van der Waals surface area contributed by atoms with E-state index in [1.165, 1.54) is 0 Å². The van der Waals surface area contributed by atoms with E-state index in [-0.39, 0.29) is 18.1 Å². The first kappa shape index (κ1) is 16.8. The van der Waals surface area contributed by atoms with Crippen LogP contribution in [0.2, 0.25) is 0 Å². The van der Waals surface area contributed by atoms with Crippen LogP contribution in [0.3, 0.4) is 0 Å². The SMILES string of the molecule is O=C(N[C@@H]1COCC[C@H]1OCc1ccccn1)c1cc2ccccc2o1. The molecular formula is C20H20N2O4. The van der Waals surface area contributed by atoms with Gasteiger partial charge in [0.2, 0.25) is 0 Å². The highest BCUT2D eigenvalue weighted by Gasteiger charge is 2.29. The van der Waals surface area contributed by atoms with Crippen LogP contribution in [0.4, 0.5) is 0 Å². The topological polar surface area (TPSA) is 73.6 Å². The number of aromatic nitrogens is 1. The van der Waals surface area contributed by atoms with Crippen LogP contribution in [0.5, 0.6) is 0 Å². The molecule has 0 aliphatic carbocycles. The molecule has 0 saturated carbocycles. The van der Waals surface area contributed by atoms with Crippen molar-refractivity contribution in [2.45, 2.75) is 25.2 Å². The van der Waals surface area contributed by atoms with E-state index in [0.717, 1.165) is 17.5 Å². The van der Waals surface area contributed by atoms with Gasteiger partial charge in [-0.25, -0.2) is 0 Å². The Morgan fingerprint density at radius 3 is 2.96 bits per heavy atom. The van der Waals surface area contributed by atoms with E-state index in [4.69, 9.17) is 13.9 Å². The summed E-state index contributed by atoms with van der Waals surface area (Å²) in [5.41, 5.74) is 1.56. The van der Waals surface area contributed by atoms with Crippen molar-refractivity contribution >= 4 is 16.9 Å². The first-order valence-electron chi connectivity index (χ1n) is 8.68. The van der Waals surface area contributed by atoms with E-state index < -0.39 is 0 Å². The Kier molecular flexibility index (Phi) is 4.95. The number of carbonyl (C=O) groups is 1. The minimum atomic E-state index is -0.261. The maximum atomic E-state index is 12.6. The first-order valence-corrected chi connectivity index (χ1v) is 8.68. The number of carbonyl (C=O) groups excluding carboxylic acids is 1. The lowest BCUT2D eigenvalue weighted by Gasteiger charge is -2.31. The summed E-state index contributed by atoms with van der Waals surface area (Å²) in [5.74, 6) is 0.0309. The molecule has 1 aromatic carbocycles. The molecule has 134 valence electrons. The van der Waals surface area contributed by atoms with Gasteiger partial charge in [-0.05, 0) is 30.7 Å². The van der Waals surface area contributed by atoms with Crippen LogP contribution < -0.4 is 5.32 Å².